The average molecular weight is 625 g/mol. The minimum Gasteiger partial charge on any atom is -0.462 e. The number of ketones is 1. The fourth-order valence-electron chi connectivity index (χ4n) is 12.5. The summed E-state index contributed by atoms with van der Waals surface area (Å²) in [6.45, 7) is 20.1. The number of nitrogens with zero attached hydrogens (tertiary/aromatic N) is 1. The van der Waals surface area contributed by atoms with E-state index in [0.717, 1.165) is 77.3 Å². The van der Waals surface area contributed by atoms with Crippen LogP contribution in [0.3, 0.4) is 0 Å². The van der Waals surface area contributed by atoms with Gasteiger partial charge in [0.25, 0.3) is 0 Å². The summed E-state index contributed by atoms with van der Waals surface area (Å²) in [6.07, 6.45) is 9.82. The van der Waals surface area contributed by atoms with Crippen molar-refractivity contribution in [3.05, 3.63) is 11.1 Å². The lowest BCUT2D eigenvalue weighted by molar-refractivity contribution is -0.212. The van der Waals surface area contributed by atoms with Crippen LogP contribution >= 0.6 is 0 Å². The average Bonchev–Trinajstić information content (AvgIpc) is 3.23. The quantitative estimate of drug-likeness (QED) is 0.258. The van der Waals surface area contributed by atoms with E-state index in [2.05, 4.69) is 65.7 Å². The molecule has 5 fully saturated rings. The van der Waals surface area contributed by atoms with Crippen LogP contribution in [0.1, 0.15) is 126 Å². The smallest absolute Gasteiger partial charge is 0.408 e. The number of hydrogen-bond acceptors (Lipinski definition) is 6. The van der Waals surface area contributed by atoms with Crippen molar-refractivity contribution in [3.63, 3.8) is 0 Å². The van der Waals surface area contributed by atoms with Crippen LogP contribution in [-0.4, -0.2) is 60.6 Å². The summed E-state index contributed by atoms with van der Waals surface area (Å²) in [5.41, 5.74) is 2.26. The zero-order chi connectivity index (χ0) is 32.7. The molecule has 1 amide bonds. The molecular formula is C38H60N2O5. The van der Waals surface area contributed by atoms with Crippen molar-refractivity contribution in [2.45, 2.75) is 144 Å². The zero-order valence-corrected chi connectivity index (χ0v) is 29.6. The minimum atomic E-state index is -0.627. The van der Waals surface area contributed by atoms with Crippen molar-refractivity contribution in [1.29, 1.82) is 0 Å². The molecule has 0 radical (unpaired) electrons. The molecule has 0 aromatic carbocycles. The van der Waals surface area contributed by atoms with Gasteiger partial charge in [0, 0.05) is 37.8 Å². The molecule has 5 aliphatic carbocycles. The van der Waals surface area contributed by atoms with Crippen molar-refractivity contribution in [1.82, 2.24) is 10.2 Å². The molecule has 45 heavy (non-hydrogen) atoms. The summed E-state index contributed by atoms with van der Waals surface area (Å²) in [4.78, 5) is 41.7. The van der Waals surface area contributed by atoms with Gasteiger partial charge >= 0.3 is 12.1 Å². The molecule has 7 nitrogen and oxygen atoms in total. The Balaban J connectivity index is 1.34. The Bertz CT molecular complexity index is 1260. The maximum Gasteiger partial charge on any atom is 0.408 e. The highest BCUT2D eigenvalue weighted by Gasteiger charge is 2.69. The Labute approximate surface area is 272 Å². The van der Waals surface area contributed by atoms with Crippen molar-refractivity contribution >= 4 is 17.8 Å². The van der Waals surface area contributed by atoms with E-state index in [9.17, 15) is 14.4 Å². The normalized spacial score (nSPS) is 43.2. The number of allylic oxidation sites excluding steroid dienone is 1. The molecule has 6 aliphatic rings. The first-order valence-corrected chi connectivity index (χ1v) is 18.1. The lowest BCUT2D eigenvalue weighted by atomic mass is 9.34. The van der Waals surface area contributed by atoms with Crippen molar-refractivity contribution in [2.75, 3.05) is 20.1 Å². The number of hydrogen-bond donors (Lipinski definition) is 1. The summed E-state index contributed by atoms with van der Waals surface area (Å²) in [5.74, 6) is 1.21. The van der Waals surface area contributed by atoms with Gasteiger partial charge in [-0.2, -0.15) is 0 Å². The molecular weight excluding hydrogens is 564 g/mol. The molecule has 6 rings (SSSR count). The third-order valence-corrected chi connectivity index (χ3v) is 14.9. The summed E-state index contributed by atoms with van der Waals surface area (Å²) in [7, 11) is 2.11. The van der Waals surface area contributed by atoms with Gasteiger partial charge in [-0.1, -0.05) is 54.0 Å². The summed E-state index contributed by atoms with van der Waals surface area (Å²) in [5, 5.41) is 3.39. The number of esters is 1. The molecule has 3 unspecified atom stereocenters. The molecule has 0 aromatic rings. The van der Waals surface area contributed by atoms with Crippen LogP contribution in [0.15, 0.2) is 11.1 Å². The van der Waals surface area contributed by atoms with E-state index in [4.69, 9.17) is 9.47 Å². The van der Waals surface area contributed by atoms with Gasteiger partial charge in [0.15, 0.2) is 0 Å². The zero-order valence-electron chi connectivity index (χ0n) is 29.6. The van der Waals surface area contributed by atoms with E-state index in [-0.39, 0.29) is 63.5 Å². The fourth-order valence-corrected chi connectivity index (χ4v) is 12.5. The first-order valence-electron chi connectivity index (χ1n) is 18.1. The van der Waals surface area contributed by atoms with E-state index in [1.54, 1.807) is 6.92 Å². The first kappa shape index (κ1) is 33.0. The molecule has 0 aromatic heterocycles. The molecule has 8 atom stereocenters. The van der Waals surface area contributed by atoms with Gasteiger partial charge in [0.2, 0.25) is 0 Å². The Morgan fingerprint density at radius 3 is 2.22 bits per heavy atom. The van der Waals surface area contributed by atoms with E-state index < -0.39 is 5.54 Å². The second-order valence-electron chi connectivity index (χ2n) is 17.8. The van der Waals surface area contributed by atoms with E-state index in [0.29, 0.717) is 18.3 Å². The molecule has 1 heterocycles. The molecule has 1 aliphatic heterocycles. The number of Topliss-reactive ketones (excluding diaryl/α,β-unsaturated/α-hetero) is 1. The van der Waals surface area contributed by atoms with Crippen molar-refractivity contribution < 1.29 is 23.9 Å². The molecule has 7 heteroatoms. The number of piperidine rings is 1. The predicted molar refractivity (Wildman–Crippen MR) is 175 cm³/mol. The Morgan fingerprint density at radius 1 is 0.889 bits per heavy atom. The fraction of sp³-hybridized carbons (Fsp3) is 0.868. The van der Waals surface area contributed by atoms with E-state index >= 15 is 0 Å². The maximum atomic E-state index is 13.9. The van der Waals surface area contributed by atoms with Gasteiger partial charge in [0.05, 0.1) is 5.54 Å². The third-order valence-electron chi connectivity index (χ3n) is 14.9. The Hall–Kier alpha value is -1.89. The number of rotatable bonds is 4. The van der Waals surface area contributed by atoms with Gasteiger partial charge in [-0.05, 0) is 111 Å². The number of nitrogens with one attached hydrogen (secondary N) is 1. The van der Waals surface area contributed by atoms with Crippen LogP contribution in [0.5, 0.6) is 0 Å². The molecule has 0 bridgehead atoms. The Morgan fingerprint density at radius 2 is 1.58 bits per heavy atom. The second-order valence-corrected chi connectivity index (χ2v) is 17.8. The van der Waals surface area contributed by atoms with E-state index in [1.165, 1.54) is 11.1 Å². The van der Waals surface area contributed by atoms with Crippen molar-refractivity contribution in [3.8, 4) is 0 Å². The first-order chi connectivity index (χ1) is 21.0. The highest BCUT2D eigenvalue weighted by molar-refractivity contribution is 5.92. The molecule has 0 spiro atoms. The lowest BCUT2D eigenvalue weighted by Crippen LogP contribution is -2.65. The highest BCUT2D eigenvalue weighted by Crippen LogP contribution is 2.75. The number of likely N-dealkylation sites (tertiary alicyclic amines) is 1. The highest BCUT2D eigenvalue weighted by atomic mass is 16.6. The second kappa shape index (κ2) is 11.1. The number of carbonyl (C=O) groups excluding carboxylic acids is 3. The van der Waals surface area contributed by atoms with Gasteiger partial charge in [-0.15, -0.1) is 0 Å². The SMILES string of the molecule is CC(=O)O[C@H]1CC[C@@]2(C)C(CC[C@]3(C)C2CCC2=C4C(C(C)C)C(=O)C[C@]4(NC(=O)OC4CCN(C)CC4)CC[C@]23C)C1(C)C. The number of carbonyl (C=O) groups is 3. The van der Waals surface area contributed by atoms with Crippen LogP contribution in [0.4, 0.5) is 4.79 Å². The van der Waals surface area contributed by atoms with Gasteiger partial charge in [-0.3, -0.25) is 9.59 Å². The largest absolute Gasteiger partial charge is 0.462 e. The van der Waals surface area contributed by atoms with Crippen LogP contribution in [0.25, 0.3) is 0 Å². The minimum absolute atomic E-state index is 0.0266. The molecule has 1 saturated heterocycles. The van der Waals surface area contributed by atoms with Crippen LogP contribution in [0, 0.1) is 45.3 Å². The molecule has 4 saturated carbocycles. The summed E-state index contributed by atoms with van der Waals surface area (Å²) < 4.78 is 12.0. The Kier molecular flexibility index (Phi) is 8.14. The lowest BCUT2D eigenvalue weighted by Gasteiger charge is -2.70. The van der Waals surface area contributed by atoms with Gasteiger partial charge in [0.1, 0.15) is 18.0 Å². The predicted octanol–water partition coefficient (Wildman–Crippen LogP) is 7.47. The summed E-state index contributed by atoms with van der Waals surface area (Å²) in [6, 6.07) is 0. The van der Waals surface area contributed by atoms with E-state index in [1.807, 2.05) is 0 Å². The maximum absolute atomic E-state index is 13.9. The molecule has 252 valence electrons. The summed E-state index contributed by atoms with van der Waals surface area (Å²) >= 11 is 0. The third kappa shape index (κ3) is 4.94. The number of fused-ring (bicyclic) bond motifs is 6. The topological polar surface area (TPSA) is 84.9 Å². The molecule has 1 N–H and O–H groups in total. The van der Waals surface area contributed by atoms with Gasteiger partial charge in [-0.25, -0.2) is 4.79 Å². The monoisotopic (exact) mass is 624 g/mol. The standard InChI is InChI=1S/C38H60N2O5/c1-23(2)31-27(42)22-38(39-33(43)45-25-14-20-40(9)21-15-25)19-18-36(7)26(32(31)38)10-11-29-35(6)16-13-30(44-24(3)41)34(4,5)28(35)12-17-37(29,36)8/h23,25,28-31H,10-22H2,1-9H3,(H,39,43)/t28?,29?,30-,31?,35-,36+,37+,38+/m0/s1. The van der Waals surface area contributed by atoms with Crippen molar-refractivity contribution in [2.24, 2.45) is 45.3 Å². The van der Waals surface area contributed by atoms with Crippen LogP contribution in [-0.2, 0) is 19.1 Å². The number of alkyl carbamates (subject to hydrolysis) is 1. The number of amides is 1. The number of ether oxygens (including phenoxy) is 2. The van der Waals surface area contributed by atoms with Crippen LogP contribution < -0.4 is 5.32 Å². The van der Waals surface area contributed by atoms with Crippen LogP contribution in [0.2, 0.25) is 0 Å². The van der Waals surface area contributed by atoms with Gasteiger partial charge < -0.3 is 19.7 Å².